The molecule has 2 heteroatoms. The van der Waals surface area contributed by atoms with E-state index in [4.69, 9.17) is 4.74 Å². The summed E-state index contributed by atoms with van der Waals surface area (Å²) < 4.78 is 5.18. The fraction of sp³-hybridized carbons (Fsp3) is 0.727. The van der Waals surface area contributed by atoms with Crippen LogP contribution in [0.4, 0.5) is 0 Å². The van der Waals surface area contributed by atoms with E-state index in [-0.39, 0.29) is 18.0 Å². The molecule has 1 heterocycles. The van der Waals surface area contributed by atoms with Crippen molar-refractivity contribution in [1.82, 2.24) is 0 Å². The Balaban J connectivity index is 2.17. The Labute approximate surface area is 80.0 Å². The topological polar surface area (TPSA) is 26.3 Å². The van der Waals surface area contributed by atoms with Gasteiger partial charge in [0.25, 0.3) is 0 Å². The molecule has 1 fully saturated rings. The van der Waals surface area contributed by atoms with E-state index in [0.29, 0.717) is 0 Å². The maximum absolute atomic E-state index is 11.0. The molecule has 1 rings (SSSR count). The Morgan fingerprint density at radius 3 is 2.85 bits per heavy atom. The first-order valence-electron chi connectivity index (χ1n) is 5.09. The third kappa shape index (κ3) is 3.21. The first kappa shape index (κ1) is 10.3. The molecule has 74 valence electrons. The van der Waals surface area contributed by atoms with Gasteiger partial charge in [0.05, 0.1) is 5.92 Å². The number of rotatable bonds is 4. The van der Waals surface area contributed by atoms with E-state index >= 15 is 0 Å². The minimum Gasteiger partial charge on any atom is -0.462 e. The summed E-state index contributed by atoms with van der Waals surface area (Å²) in [5, 5.41) is 0. The van der Waals surface area contributed by atoms with E-state index in [1.165, 1.54) is 0 Å². The second-order valence-corrected chi connectivity index (χ2v) is 3.65. The molecule has 2 atom stereocenters. The lowest BCUT2D eigenvalue weighted by Crippen LogP contribution is -2.05. The monoisotopic (exact) mass is 182 g/mol. The lowest BCUT2D eigenvalue weighted by molar-refractivity contribution is -0.144. The lowest BCUT2D eigenvalue weighted by atomic mass is 10.0. The molecular formula is C11H18O2. The van der Waals surface area contributed by atoms with E-state index in [2.05, 4.69) is 19.1 Å². The summed E-state index contributed by atoms with van der Waals surface area (Å²) in [6.07, 6.45) is 8.48. The van der Waals surface area contributed by atoms with Gasteiger partial charge in [-0.3, -0.25) is 4.79 Å². The Morgan fingerprint density at radius 1 is 1.54 bits per heavy atom. The predicted octanol–water partition coefficient (Wildman–Crippen LogP) is 2.68. The largest absolute Gasteiger partial charge is 0.462 e. The molecule has 0 aromatic heterocycles. The van der Waals surface area contributed by atoms with Crippen LogP contribution in [0.1, 0.15) is 39.5 Å². The van der Waals surface area contributed by atoms with Crippen molar-refractivity contribution in [3.63, 3.8) is 0 Å². The zero-order chi connectivity index (χ0) is 9.68. The van der Waals surface area contributed by atoms with Gasteiger partial charge in [0.1, 0.15) is 6.10 Å². The van der Waals surface area contributed by atoms with Crippen LogP contribution in [0.5, 0.6) is 0 Å². The van der Waals surface area contributed by atoms with Gasteiger partial charge < -0.3 is 4.74 Å². The Bertz CT molecular complexity index is 196. The Kier molecular flexibility index (Phi) is 4.00. The zero-order valence-electron chi connectivity index (χ0n) is 8.45. The number of ether oxygens (including phenoxy) is 1. The van der Waals surface area contributed by atoms with Gasteiger partial charge in [0.15, 0.2) is 0 Å². The molecule has 0 aliphatic carbocycles. The highest BCUT2D eigenvalue weighted by Gasteiger charge is 2.29. The molecule has 2 nitrogen and oxygen atoms in total. The van der Waals surface area contributed by atoms with E-state index in [9.17, 15) is 4.79 Å². The van der Waals surface area contributed by atoms with Crippen molar-refractivity contribution < 1.29 is 9.53 Å². The van der Waals surface area contributed by atoms with Crippen molar-refractivity contribution >= 4 is 5.97 Å². The third-order valence-electron chi connectivity index (χ3n) is 2.36. The van der Waals surface area contributed by atoms with Gasteiger partial charge in [-0.15, -0.1) is 0 Å². The molecule has 0 bridgehead atoms. The van der Waals surface area contributed by atoms with Crippen molar-refractivity contribution in [2.75, 3.05) is 0 Å². The molecule has 0 aromatic carbocycles. The SMILES string of the molecule is CCC=CCCC1CC(C)C(=O)O1. The van der Waals surface area contributed by atoms with E-state index < -0.39 is 0 Å². The molecule has 1 aliphatic heterocycles. The van der Waals surface area contributed by atoms with Crippen molar-refractivity contribution in [3.8, 4) is 0 Å². The summed E-state index contributed by atoms with van der Waals surface area (Å²) in [7, 11) is 0. The fourth-order valence-corrected chi connectivity index (χ4v) is 1.56. The Morgan fingerprint density at radius 2 is 2.31 bits per heavy atom. The first-order valence-corrected chi connectivity index (χ1v) is 5.09. The fourth-order valence-electron chi connectivity index (χ4n) is 1.56. The summed E-state index contributed by atoms with van der Waals surface area (Å²) in [4.78, 5) is 11.0. The van der Waals surface area contributed by atoms with Gasteiger partial charge in [-0.2, -0.15) is 0 Å². The maximum atomic E-state index is 11.0. The van der Waals surface area contributed by atoms with Crippen LogP contribution in [-0.4, -0.2) is 12.1 Å². The van der Waals surface area contributed by atoms with Crippen LogP contribution in [0.2, 0.25) is 0 Å². The van der Waals surface area contributed by atoms with E-state index in [0.717, 1.165) is 25.7 Å². The molecule has 0 aromatic rings. The van der Waals surface area contributed by atoms with Gasteiger partial charge in [0, 0.05) is 0 Å². The van der Waals surface area contributed by atoms with Crippen LogP contribution in [0.3, 0.4) is 0 Å². The van der Waals surface area contributed by atoms with Crippen molar-refractivity contribution in [1.29, 1.82) is 0 Å². The first-order chi connectivity index (χ1) is 6.24. The zero-order valence-corrected chi connectivity index (χ0v) is 8.45. The summed E-state index contributed by atoms with van der Waals surface area (Å²) in [5.41, 5.74) is 0. The molecule has 0 amide bonds. The van der Waals surface area contributed by atoms with Crippen molar-refractivity contribution in [3.05, 3.63) is 12.2 Å². The second-order valence-electron chi connectivity index (χ2n) is 3.65. The number of esters is 1. The number of hydrogen-bond donors (Lipinski definition) is 0. The van der Waals surface area contributed by atoms with Crippen LogP contribution >= 0.6 is 0 Å². The minimum absolute atomic E-state index is 0.0236. The average molecular weight is 182 g/mol. The molecule has 0 saturated carbocycles. The quantitative estimate of drug-likeness (QED) is 0.493. The molecule has 1 aliphatic rings. The highest BCUT2D eigenvalue weighted by Crippen LogP contribution is 2.23. The van der Waals surface area contributed by atoms with Crippen LogP contribution in [0.25, 0.3) is 0 Å². The molecule has 2 unspecified atom stereocenters. The van der Waals surface area contributed by atoms with Gasteiger partial charge in [-0.25, -0.2) is 0 Å². The van der Waals surface area contributed by atoms with Crippen LogP contribution in [0, 0.1) is 5.92 Å². The summed E-state index contributed by atoms with van der Waals surface area (Å²) >= 11 is 0. The second kappa shape index (κ2) is 5.05. The molecular weight excluding hydrogens is 164 g/mol. The number of hydrogen-bond acceptors (Lipinski definition) is 2. The number of allylic oxidation sites excluding steroid dienone is 2. The van der Waals surface area contributed by atoms with Crippen LogP contribution in [-0.2, 0) is 9.53 Å². The standard InChI is InChI=1S/C11H18O2/c1-3-4-5-6-7-10-8-9(2)11(12)13-10/h4-5,9-10H,3,6-8H2,1-2H3. The van der Waals surface area contributed by atoms with Gasteiger partial charge >= 0.3 is 5.97 Å². The van der Waals surface area contributed by atoms with Gasteiger partial charge in [0.2, 0.25) is 0 Å². The van der Waals surface area contributed by atoms with E-state index in [1.807, 2.05) is 6.92 Å². The highest BCUT2D eigenvalue weighted by atomic mass is 16.5. The minimum atomic E-state index is -0.0236. The molecule has 0 N–H and O–H groups in total. The third-order valence-corrected chi connectivity index (χ3v) is 2.36. The maximum Gasteiger partial charge on any atom is 0.309 e. The number of carbonyl (C=O) groups excluding carboxylic acids is 1. The summed E-state index contributed by atoms with van der Waals surface area (Å²) in [6.45, 7) is 4.05. The Hall–Kier alpha value is -0.790. The van der Waals surface area contributed by atoms with E-state index in [1.54, 1.807) is 0 Å². The molecule has 0 spiro atoms. The van der Waals surface area contributed by atoms with Crippen LogP contribution < -0.4 is 0 Å². The average Bonchev–Trinajstić information content (AvgIpc) is 2.41. The molecule has 0 radical (unpaired) electrons. The van der Waals surface area contributed by atoms with Crippen LogP contribution in [0.15, 0.2) is 12.2 Å². The predicted molar refractivity (Wildman–Crippen MR) is 52.3 cm³/mol. The van der Waals surface area contributed by atoms with Crippen molar-refractivity contribution in [2.24, 2.45) is 5.92 Å². The highest BCUT2D eigenvalue weighted by molar-refractivity contribution is 5.74. The van der Waals surface area contributed by atoms with Gasteiger partial charge in [-0.1, -0.05) is 26.0 Å². The molecule has 13 heavy (non-hydrogen) atoms. The summed E-state index contributed by atoms with van der Waals surface area (Å²) in [5.74, 6) is 0.0876. The smallest absolute Gasteiger partial charge is 0.309 e. The lowest BCUT2D eigenvalue weighted by Gasteiger charge is -2.05. The summed E-state index contributed by atoms with van der Waals surface area (Å²) in [6, 6.07) is 0. The van der Waals surface area contributed by atoms with Crippen molar-refractivity contribution in [2.45, 2.75) is 45.6 Å². The van der Waals surface area contributed by atoms with Gasteiger partial charge in [-0.05, 0) is 25.7 Å². The molecule has 1 saturated heterocycles. The number of carbonyl (C=O) groups is 1. The number of cyclic esters (lactones) is 1. The normalized spacial score (nSPS) is 28.3.